The van der Waals surface area contributed by atoms with Gasteiger partial charge in [0, 0.05) is 13.0 Å². The van der Waals surface area contributed by atoms with Gasteiger partial charge in [-0.3, -0.25) is 25.0 Å². The lowest BCUT2D eigenvalue weighted by molar-refractivity contribution is -0.395. The number of nitrogens with zero attached hydrogens (tertiary/aromatic N) is 3. The molecule has 0 aliphatic carbocycles. The van der Waals surface area contributed by atoms with E-state index in [-0.39, 0.29) is 12.3 Å². The summed E-state index contributed by atoms with van der Waals surface area (Å²) >= 11 is 0. The average molecular weight is 345 g/mol. The van der Waals surface area contributed by atoms with Crippen molar-refractivity contribution in [3.8, 4) is 5.75 Å². The van der Waals surface area contributed by atoms with E-state index in [1.807, 2.05) is 30.3 Å². The molecule has 0 N–H and O–H groups in total. The van der Waals surface area contributed by atoms with Gasteiger partial charge in [-0.1, -0.05) is 30.3 Å². The van der Waals surface area contributed by atoms with Gasteiger partial charge >= 0.3 is 5.69 Å². The van der Waals surface area contributed by atoms with Crippen LogP contribution in [0, 0.1) is 20.2 Å². The summed E-state index contributed by atoms with van der Waals surface area (Å²) in [4.78, 5) is 37.4. The fourth-order valence-electron chi connectivity index (χ4n) is 2.10. The monoisotopic (exact) mass is 345 g/mol. The van der Waals surface area contributed by atoms with Gasteiger partial charge in [0.15, 0.2) is 0 Å². The van der Waals surface area contributed by atoms with Gasteiger partial charge in [-0.05, 0) is 18.1 Å². The molecular formula is C16H15N3O6. The van der Waals surface area contributed by atoms with Crippen LogP contribution in [0.2, 0.25) is 0 Å². The number of hydroxylamine groups is 2. The number of carbonyl (C=O) groups excluding carboxylic acids is 1. The average Bonchev–Trinajstić information content (AvgIpc) is 2.59. The van der Waals surface area contributed by atoms with Gasteiger partial charge in [0.1, 0.15) is 0 Å². The molecule has 2 aromatic carbocycles. The number of rotatable bonds is 7. The Hall–Kier alpha value is -3.49. The summed E-state index contributed by atoms with van der Waals surface area (Å²) in [6.45, 7) is 1.44. The summed E-state index contributed by atoms with van der Waals surface area (Å²) in [6, 6.07) is 12.3. The van der Waals surface area contributed by atoms with E-state index in [0.717, 1.165) is 28.8 Å². The third kappa shape index (κ3) is 4.74. The van der Waals surface area contributed by atoms with Crippen molar-refractivity contribution >= 4 is 17.3 Å². The third-order valence-corrected chi connectivity index (χ3v) is 3.36. The third-order valence-electron chi connectivity index (χ3n) is 3.36. The molecule has 0 radical (unpaired) electrons. The zero-order valence-electron chi connectivity index (χ0n) is 13.3. The van der Waals surface area contributed by atoms with Crippen molar-refractivity contribution < 1.29 is 19.5 Å². The van der Waals surface area contributed by atoms with Crippen molar-refractivity contribution in [2.75, 3.05) is 6.54 Å². The summed E-state index contributed by atoms with van der Waals surface area (Å²) < 4.78 is 0. The Bertz CT molecular complexity index is 794. The van der Waals surface area contributed by atoms with E-state index in [0.29, 0.717) is 6.42 Å². The van der Waals surface area contributed by atoms with E-state index in [9.17, 15) is 25.0 Å². The molecule has 2 aromatic rings. The molecule has 0 aromatic heterocycles. The van der Waals surface area contributed by atoms with Crippen LogP contribution in [0.3, 0.4) is 0 Å². The minimum absolute atomic E-state index is 0.174. The Kier molecular flexibility index (Phi) is 5.62. The molecule has 9 heteroatoms. The Balaban J connectivity index is 2.20. The topological polar surface area (TPSA) is 116 Å². The summed E-state index contributed by atoms with van der Waals surface area (Å²) in [7, 11) is 0. The lowest BCUT2D eigenvalue weighted by atomic mass is 10.1. The zero-order chi connectivity index (χ0) is 18.4. The lowest BCUT2D eigenvalue weighted by Gasteiger charge is -2.20. The lowest BCUT2D eigenvalue weighted by Crippen LogP contribution is -2.34. The SMILES string of the molecule is CC(=O)N(CCc1ccccc1)Oc1ccc([N+](=O)[O-])cc1[N+](=O)[O-]. The molecule has 0 fully saturated rings. The molecule has 0 unspecified atom stereocenters. The first-order chi connectivity index (χ1) is 11.9. The van der Waals surface area contributed by atoms with E-state index in [1.54, 1.807) is 0 Å². The molecule has 0 aliphatic rings. The predicted molar refractivity (Wildman–Crippen MR) is 87.9 cm³/mol. The molecule has 0 atom stereocenters. The molecule has 130 valence electrons. The summed E-state index contributed by atoms with van der Waals surface area (Å²) in [5.41, 5.74) is -0.0478. The van der Waals surface area contributed by atoms with E-state index in [4.69, 9.17) is 4.84 Å². The van der Waals surface area contributed by atoms with Crippen LogP contribution >= 0.6 is 0 Å². The zero-order valence-corrected chi connectivity index (χ0v) is 13.3. The number of hydrogen-bond acceptors (Lipinski definition) is 6. The smallest absolute Gasteiger partial charge is 0.321 e. The molecular weight excluding hydrogens is 330 g/mol. The van der Waals surface area contributed by atoms with Crippen molar-refractivity contribution in [2.24, 2.45) is 0 Å². The van der Waals surface area contributed by atoms with Crippen LogP contribution in [0.4, 0.5) is 11.4 Å². The van der Waals surface area contributed by atoms with Crippen LogP contribution in [0.25, 0.3) is 0 Å². The van der Waals surface area contributed by atoms with E-state index >= 15 is 0 Å². The molecule has 0 aliphatic heterocycles. The Morgan fingerprint density at radius 1 is 1.08 bits per heavy atom. The number of amides is 1. The summed E-state index contributed by atoms with van der Waals surface area (Å²) in [5.74, 6) is -0.678. The molecule has 9 nitrogen and oxygen atoms in total. The van der Waals surface area contributed by atoms with Crippen molar-refractivity contribution in [3.05, 3.63) is 74.3 Å². The molecule has 1 amide bonds. The van der Waals surface area contributed by atoms with Crippen LogP contribution in [0.5, 0.6) is 5.75 Å². The number of benzene rings is 2. The number of carbonyl (C=O) groups is 1. The molecule has 0 saturated carbocycles. The van der Waals surface area contributed by atoms with Gasteiger partial charge in [0.05, 0.1) is 22.5 Å². The van der Waals surface area contributed by atoms with Crippen molar-refractivity contribution in [1.82, 2.24) is 5.06 Å². The number of nitro benzene ring substituents is 2. The second kappa shape index (κ2) is 7.86. The maximum Gasteiger partial charge on any atom is 0.321 e. The number of nitro groups is 2. The standard InChI is InChI=1S/C16H15N3O6/c1-12(20)17(10-9-13-5-3-2-4-6-13)25-16-8-7-14(18(21)22)11-15(16)19(23)24/h2-8,11H,9-10H2,1H3. The first kappa shape index (κ1) is 17.9. The minimum Gasteiger partial charge on any atom is -0.370 e. The molecule has 0 saturated heterocycles. The number of hydrogen-bond donors (Lipinski definition) is 0. The predicted octanol–water partition coefficient (Wildman–Crippen LogP) is 2.89. The maximum atomic E-state index is 11.7. The van der Waals surface area contributed by atoms with Gasteiger partial charge in [-0.15, -0.1) is 0 Å². The highest BCUT2D eigenvalue weighted by Gasteiger charge is 2.23. The molecule has 0 heterocycles. The Labute approximate surface area is 142 Å². The molecule has 25 heavy (non-hydrogen) atoms. The fraction of sp³-hybridized carbons (Fsp3) is 0.188. The second-order valence-electron chi connectivity index (χ2n) is 5.11. The first-order valence-corrected chi connectivity index (χ1v) is 7.31. The molecule has 2 rings (SSSR count). The van der Waals surface area contributed by atoms with Gasteiger partial charge in [0.2, 0.25) is 5.75 Å². The summed E-state index contributed by atoms with van der Waals surface area (Å²) in [5, 5.41) is 22.9. The van der Waals surface area contributed by atoms with Crippen molar-refractivity contribution in [1.29, 1.82) is 0 Å². The maximum absolute atomic E-state index is 11.7. The first-order valence-electron chi connectivity index (χ1n) is 7.31. The van der Waals surface area contributed by atoms with Crippen LogP contribution in [0.1, 0.15) is 12.5 Å². The van der Waals surface area contributed by atoms with E-state index < -0.39 is 27.1 Å². The van der Waals surface area contributed by atoms with Crippen molar-refractivity contribution in [2.45, 2.75) is 13.3 Å². The fourth-order valence-corrected chi connectivity index (χ4v) is 2.10. The highest BCUT2D eigenvalue weighted by atomic mass is 16.7. The van der Waals surface area contributed by atoms with Gasteiger partial charge in [-0.2, -0.15) is 5.06 Å². The highest BCUT2D eigenvalue weighted by molar-refractivity contribution is 5.72. The van der Waals surface area contributed by atoms with Gasteiger partial charge in [0.25, 0.3) is 11.6 Å². The highest BCUT2D eigenvalue weighted by Crippen LogP contribution is 2.31. The van der Waals surface area contributed by atoms with Crippen molar-refractivity contribution in [3.63, 3.8) is 0 Å². The minimum atomic E-state index is -0.794. The Morgan fingerprint density at radius 2 is 1.76 bits per heavy atom. The van der Waals surface area contributed by atoms with Crippen LogP contribution in [0.15, 0.2) is 48.5 Å². The quantitative estimate of drug-likeness (QED) is 0.563. The largest absolute Gasteiger partial charge is 0.370 e. The van der Waals surface area contributed by atoms with Crippen LogP contribution in [-0.2, 0) is 11.2 Å². The normalized spacial score (nSPS) is 10.1. The van der Waals surface area contributed by atoms with E-state index in [2.05, 4.69) is 0 Å². The van der Waals surface area contributed by atoms with Gasteiger partial charge < -0.3 is 4.84 Å². The molecule has 0 spiro atoms. The molecule has 0 bridgehead atoms. The van der Waals surface area contributed by atoms with Gasteiger partial charge in [-0.25, -0.2) is 0 Å². The summed E-state index contributed by atoms with van der Waals surface area (Å²) in [6.07, 6.45) is 0.487. The number of non-ortho nitro benzene ring substituents is 1. The second-order valence-corrected chi connectivity index (χ2v) is 5.11. The van der Waals surface area contributed by atoms with Crippen LogP contribution < -0.4 is 4.84 Å². The van der Waals surface area contributed by atoms with E-state index in [1.165, 1.54) is 6.92 Å². The van der Waals surface area contributed by atoms with Crippen LogP contribution in [-0.4, -0.2) is 27.4 Å². The Morgan fingerprint density at radius 3 is 2.32 bits per heavy atom.